The summed E-state index contributed by atoms with van der Waals surface area (Å²) in [5.41, 5.74) is 2.53. The third-order valence-corrected chi connectivity index (χ3v) is 4.44. The Hall–Kier alpha value is -2.70. The number of ether oxygens (including phenoxy) is 1. The highest BCUT2D eigenvalue weighted by Gasteiger charge is 2.11. The summed E-state index contributed by atoms with van der Waals surface area (Å²) in [5.74, 6) is -0.639. The average molecular weight is 373 g/mol. The Morgan fingerprint density at radius 3 is 2.32 bits per heavy atom. The van der Waals surface area contributed by atoms with E-state index >= 15 is 0 Å². The summed E-state index contributed by atoms with van der Waals surface area (Å²) in [6.45, 7) is 0. The highest BCUT2D eigenvalue weighted by atomic mass is 35.5. The van der Waals surface area contributed by atoms with E-state index in [0.29, 0.717) is 27.0 Å². The molecule has 0 aliphatic heterocycles. The Balaban J connectivity index is 1.72. The van der Waals surface area contributed by atoms with Gasteiger partial charge >= 0.3 is 5.97 Å². The molecule has 5 nitrogen and oxygen atoms in total. The minimum atomic E-state index is -0.388. The summed E-state index contributed by atoms with van der Waals surface area (Å²) in [4.78, 5) is 28.0. The van der Waals surface area contributed by atoms with Crippen LogP contribution in [0.15, 0.2) is 53.9 Å². The largest absolute Gasteiger partial charge is 0.465 e. The van der Waals surface area contributed by atoms with Gasteiger partial charge in [0, 0.05) is 21.5 Å². The Morgan fingerprint density at radius 1 is 1.04 bits per heavy atom. The standard InChI is InChI=1S/C18H13ClN2O3S/c1-24-17(23)13-4-2-11(3-5-13)15-10-25-18(20-15)21-16(22)12-6-8-14(19)9-7-12/h2-10H,1H3,(H,20,21,22). The lowest BCUT2D eigenvalue weighted by Crippen LogP contribution is -2.11. The quantitative estimate of drug-likeness (QED) is 0.684. The molecule has 0 bridgehead atoms. The Bertz CT molecular complexity index is 905. The molecule has 0 aliphatic rings. The van der Waals surface area contributed by atoms with Crippen LogP contribution in [-0.4, -0.2) is 24.0 Å². The Kier molecular flexibility index (Phi) is 5.11. The fourth-order valence-corrected chi connectivity index (χ4v) is 2.97. The third kappa shape index (κ3) is 4.04. The first-order chi connectivity index (χ1) is 12.1. The molecule has 0 radical (unpaired) electrons. The number of benzene rings is 2. The minimum Gasteiger partial charge on any atom is -0.465 e. The van der Waals surface area contributed by atoms with E-state index in [4.69, 9.17) is 11.6 Å². The van der Waals surface area contributed by atoms with Crippen LogP contribution in [0.5, 0.6) is 0 Å². The van der Waals surface area contributed by atoms with Gasteiger partial charge in [-0.1, -0.05) is 23.7 Å². The minimum absolute atomic E-state index is 0.251. The maximum absolute atomic E-state index is 12.2. The fraction of sp³-hybridized carbons (Fsp3) is 0.0556. The van der Waals surface area contributed by atoms with E-state index < -0.39 is 0 Å². The van der Waals surface area contributed by atoms with Crippen molar-refractivity contribution in [1.29, 1.82) is 0 Å². The van der Waals surface area contributed by atoms with Crippen molar-refractivity contribution in [2.24, 2.45) is 0 Å². The van der Waals surface area contributed by atoms with Crippen LogP contribution in [0.3, 0.4) is 0 Å². The van der Waals surface area contributed by atoms with E-state index in [-0.39, 0.29) is 11.9 Å². The number of nitrogens with one attached hydrogen (secondary N) is 1. The summed E-state index contributed by atoms with van der Waals surface area (Å²) in [7, 11) is 1.34. The van der Waals surface area contributed by atoms with Crippen molar-refractivity contribution >= 4 is 39.9 Å². The molecule has 3 aromatic rings. The maximum Gasteiger partial charge on any atom is 0.337 e. The molecule has 126 valence electrons. The number of nitrogens with zero attached hydrogens (tertiary/aromatic N) is 1. The number of halogens is 1. The molecule has 0 spiro atoms. The van der Waals surface area contributed by atoms with Crippen LogP contribution >= 0.6 is 22.9 Å². The molecule has 0 unspecified atom stereocenters. The molecule has 7 heteroatoms. The van der Waals surface area contributed by atoms with E-state index in [1.54, 1.807) is 48.5 Å². The second-order valence-corrected chi connectivity index (χ2v) is 6.36. The molecule has 3 rings (SSSR count). The molecule has 0 saturated heterocycles. The molecule has 0 saturated carbocycles. The van der Waals surface area contributed by atoms with Crippen LogP contribution < -0.4 is 5.32 Å². The molecule has 1 amide bonds. The predicted molar refractivity (Wildman–Crippen MR) is 98.3 cm³/mol. The number of carbonyl (C=O) groups excluding carboxylic acids is 2. The van der Waals surface area contributed by atoms with Crippen LogP contribution in [-0.2, 0) is 4.74 Å². The van der Waals surface area contributed by atoms with Gasteiger partial charge in [0.15, 0.2) is 5.13 Å². The molecule has 0 aliphatic carbocycles. The fourth-order valence-electron chi connectivity index (χ4n) is 2.13. The van der Waals surface area contributed by atoms with Gasteiger partial charge in [-0.15, -0.1) is 11.3 Å². The summed E-state index contributed by atoms with van der Waals surface area (Å²) < 4.78 is 4.67. The zero-order valence-electron chi connectivity index (χ0n) is 13.2. The van der Waals surface area contributed by atoms with E-state index in [0.717, 1.165) is 5.56 Å². The zero-order chi connectivity index (χ0) is 17.8. The summed E-state index contributed by atoms with van der Waals surface area (Å²) >= 11 is 7.14. The lowest BCUT2D eigenvalue weighted by Gasteiger charge is -2.02. The SMILES string of the molecule is COC(=O)c1ccc(-c2csc(NC(=O)c3ccc(Cl)cc3)n2)cc1. The number of methoxy groups -OCH3 is 1. The van der Waals surface area contributed by atoms with E-state index in [1.807, 2.05) is 5.38 Å². The molecule has 1 heterocycles. The topological polar surface area (TPSA) is 68.3 Å². The third-order valence-electron chi connectivity index (χ3n) is 3.43. The van der Waals surface area contributed by atoms with Gasteiger partial charge in [0.05, 0.1) is 18.4 Å². The molecule has 1 N–H and O–H groups in total. The van der Waals surface area contributed by atoms with Gasteiger partial charge in [-0.2, -0.15) is 0 Å². The monoisotopic (exact) mass is 372 g/mol. The van der Waals surface area contributed by atoms with Gasteiger partial charge in [0.2, 0.25) is 0 Å². The highest BCUT2D eigenvalue weighted by Crippen LogP contribution is 2.25. The second-order valence-electron chi connectivity index (χ2n) is 5.07. The number of carbonyl (C=O) groups is 2. The van der Waals surface area contributed by atoms with Crippen molar-refractivity contribution in [3.05, 3.63) is 70.1 Å². The number of thiazole rings is 1. The van der Waals surface area contributed by atoms with Crippen LogP contribution in [0.1, 0.15) is 20.7 Å². The number of hydrogen-bond acceptors (Lipinski definition) is 5. The molecule has 1 aromatic heterocycles. The van der Waals surface area contributed by atoms with Crippen molar-refractivity contribution < 1.29 is 14.3 Å². The number of rotatable bonds is 4. The van der Waals surface area contributed by atoms with Gasteiger partial charge in [-0.25, -0.2) is 9.78 Å². The van der Waals surface area contributed by atoms with Gasteiger partial charge in [-0.05, 0) is 36.4 Å². The van der Waals surface area contributed by atoms with Crippen molar-refractivity contribution in [3.63, 3.8) is 0 Å². The first-order valence-corrected chi connectivity index (χ1v) is 8.54. The van der Waals surface area contributed by atoms with Gasteiger partial charge in [-0.3, -0.25) is 10.1 Å². The van der Waals surface area contributed by atoms with E-state index in [2.05, 4.69) is 15.0 Å². The molecule has 25 heavy (non-hydrogen) atoms. The number of amides is 1. The maximum atomic E-state index is 12.2. The van der Waals surface area contributed by atoms with Crippen molar-refractivity contribution in [2.75, 3.05) is 12.4 Å². The van der Waals surface area contributed by atoms with E-state index in [1.165, 1.54) is 18.4 Å². The second kappa shape index (κ2) is 7.46. The van der Waals surface area contributed by atoms with Gasteiger partial charge < -0.3 is 4.74 Å². The van der Waals surface area contributed by atoms with Gasteiger partial charge in [0.25, 0.3) is 5.91 Å². The molecule has 0 atom stereocenters. The Morgan fingerprint density at radius 2 is 1.68 bits per heavy atom. The van der Waals surface area contributed by atoms with Crippen LogP contribution in [0, 0.1) is 0 Å². The smallest absolute Gasteiger partial charge is 0.337 e. The summed E-state index contributed by atoms with van der Waals surface area (Å²) in [5, 5.41) is 5.66. The van der Waals surface area contributed by atoms with Crippen molar-refractivity contribution in [2.45, 2.75) is 0 Å². The lowest BCUT2D eigenvalue weighted by molar-refractivity contribution is 0.0600. The van der Waals surface area contributed by atoms with E-state index in [9.17, 15) is 9.59 Å². The van der Waals surface area contributed by atoms with Crippen molar-refractivity contribution in [3.8, 4) is 11.3 Å². The Labute approximate surface area is 153 Å². The average Bonchev–Trinajstić information content (AvgIpc) is 3.10. The molecule has 2 aromatic carbocycles. The van der Waals surface area contributed by atoms with Crippen LogP contribution in [0.4, 0.5) is 5.13 Å². The first kappa shape index (κ1) is 17.1. The van der Waals surface area contributed by atoms with Crippen LogP contribution in [0.2, 0.25) is 5.02 Å². The lowest BCUT2D eigenvalue weighted by atomic mass is 10.1. The first-order valence-electron chi connectivity index (χ1n) is 7.28. The normalized spacial score (nSPS) is 10.3. The number of anilines is 1. The molecule has 0 fully saturated rings. The van der Waals surface area contributed by atoms with Crippen LogP contribution in [0.25, 0.3) is 11.3 Å². The van der Waals surface area contributed by atoms with Crippen molar-refractivity contribution in [1.82, 2.24) is 4.98 Å². The molecular formula is C18H13ClN2O3S. The number of aromatic nitrogens is 1. The highest BCUT2D eigenvalue weighted by molar-refractivity contribution is 7.14. The number of esters is 1. The van der Waals surface area contributed by atoms with Gasteiger partial charge in [0.1, 0.15) is 0 Å². The summed E-state index contributed by atoms with van der Waals surface area (Å²) in [6.07, 6.45) is 0. The predicted octanol–water partition coefficient (Wildman–Crippen LogP) is 4.50. The summed E-state index contributed by atoms with van der Waals surface area (Å²) in [6, 6.07) is 13.5. The number of hydrogen-bond donors (Lipinski definition) is 1. The molecular weight excluding hydrogens is 360 g/mol. The zero-order valence-corrected chi connectivity index (χ0v) is 14.7.